The normalized spacial score (nSPS) is 13.4. The van der Waals surface area contributed by atoms with Crippen LogP contribution in [-0.2, 0) is 14.8 Å². The average Bonchev–Trinajstić information content (AvgIpc) is 2.63. The molecule has 0 radical (unpaired) electrons. The Morgan fingerprint density at radius 2 is 2.07 bits per heavy atom. The first-order valence-electron chi connectivity index (χ1n) is 7.97. The fraction of sp³-hybridized carbons (Fsp3) is 0.250. The molecule has 1 aliphatic heterocycles. The molecule has 28 heavy (non-hydrogen) atoms. The molecule has 2 N–H and O–H groups in total. The first-order valence-corrected chi connectivity index (χ1v) is 9.45. The van der Waals surface area contributed by atoms with Crippen LogP contribution in [0.15, 0.2) is 29.2 Å². The largest absolute Gasteiger partial charge is 0.481 e. The maximum Gasteiger partial charge on any atom is 0.335 e. The average molecular weight is 407 g/mol. The second kappa shape index (κ2) is 7.31. The van der Waals surface area contributed by atoms with Crippen LogP contribution in [0.1, 0.15) is 5.69 Å². The van der Waals surface area contributed by atoms with Crippen molar-refractivity contribution in [2.24, 2.45) is 0 Å². The Morgan fingerprint density at radius 1 is 1.32 bits per heavy atom. The molecule has 0 spiro atoms. The highest BCUT2D eigenvalue weighted by Crippen LogP contribution is 2.36. The number of aryl methyl sites for hydroxylation is 1. The molecule has 0 atom stereocenters. The van der Waals surface area contributed by atoms with Crippen molar-refractivity contribution in [2.75, 3.05) is 31.0 Å². The molecule has 3 rings (SSSR count). The van der Waals surface area contributed by atoms with Gasteiger partial charge in [0.05, 0.1) is 12.8 Å². The summed E-state index contributed by atoms with van der Waals surface area (Å²) in [5.41, 5.74) is 0.800. The van der Waals surface area contributed by atoms with E-state index < -0.39 is 16.1 Å². The highest BCUT2D eigenvalue weighted by molar-refractivity contribution is 7.90. The Balaban J connectivity index is 1.84. The molecule has 2 aromatic rings. The lowest BCUT2D eigenvalue weighted by Gasteiger charge is -2.27. The summed E-state index contributed by atoms with van der Waals surface area (Å²) in [4.78, 5) is 32.8. The number of nitrogens with zero attached hydrogens (tertiary/aromatic N) is 3. The van der Waals surface area contributed by atoms with E-state index in [9.17, 15) is 18.0 Å². The number of nitrogens with one attached hydrogen (secondary N) is 2. The van der Waals surface area contributed by atoms with Crippen LogP contribution < -0.4 is 24.4 Å². The number of fused-ring (bicyclic) bond motifs is 1. The molecule has 1 aromatic carbocycles. The SMILES string of the molecule is COc1cc(C)nc(NC(=O)NS(=O)(=O)c2cccc3c2OCC(=O)N3C)n1. The van der Waals surface area contributed by atoms with E-state index in [1.54, 1.807) is 19.1 Å². The monoisotopic (exact) mass is 407 g/mol. The fourth-order valence-electron chi connectivity index (χ4n) is 2.49. The number of methoxy groups -OCH3 is 1. The van der Waals surface area contributed by atoms with Gasteiger partial charge >= 0.3 is 6.03 Å². The van der Waals surface area contributed by atoms with E-state index in [0.29, 0.717) is 5.69 Å². The van der Waals surface area contributed by atoms with Crippen LogP contribution in [0.25, 0.3) is 0 Å². The number of urea groups is 1. The summed E-state index contributed by atoms with van der Waals surface area (Å²) in [6, 6.07) is 4.73. The van der Waals surface area contributed by atoms with Gasteiger partial charge in [-0.25, -0.2) is 22.9 Å². The molecule has 12 heteroatoms. The van der Waals surface area contributed by atoms with Gasteiger partial charge < -0.3 is 14.4 Å². The third kappa shape index (κ3) is 3.81. The third-order valence-electron chi connectivity index (χ3n) is 3.82. The number of carbonyl (C=O) groups is 2. The van der Waals surface area contributed by atoms with Gasteiger partial charge in [0.1, 0.15) is 4.90 Å². The number of hydrogen-bond acceptors (Lipinski definition) is 8. The van der Waals surface area contributed by atoms with Crippen molar-refractivity contribution in [2.45, 2.75) is 11.8 Å². The molecule has 1 aliphatic rings. The van der Waals surface area contributed by atoms with Gasteiger partial charge in [0.15, 0.2) is 12.4 Å². The number of sulfonamides is 1. The van der Waals surface area contributed by atoms with E-state index in [1.807, 2.05) is 4.72 Å². The van der Waals surface area contributed by atoms with Gasteiger partial charge in [-0.15, -0.1) is 0 Å². The summed E-state index contributed by atoms with van der Waals surface area (Å²) in [7, 11) is -1.40. The Bertz CT molecular complexity index is 1060. The quantitative estimate of drug-likeness (QED) is 0.753. The van der Waals surface area contributed by atoms with Crippen molar-refractivity contribution in [3.05, 3.63) is 30.0 Å². The van der Waals surface area contributed by atoms with E-state index in [2.05, 4.69) is 15.3 Å². The number of carbonyl (C=O) groups excluding carboxylic acids is 2. The van der Waals surface area contributed by atoms with Gasteiger partial charge in [0.25, 0.3) is 15.9 Å². The number of aromatic nitrogens is 2. The van der Waals surface area contributed by atoms with Crippen LogP contribution in [0.3, 0.4) is 0 Å². The van der Waals surface area contributed by atoms with Crippen molar-refractivity contribution >= 4 is 33.6 Å². The van der Waals surface area contributed by atoms with E-state index in [1.165, 1.54) is 31.2 Å². The van der Waals surface area contributed by atoms with Gasteiger partial charge in [-0.05, 0) is 19.1 Å². The molecule has 0 bridgehead atoms. The Kier molecular flexibility index (Phi) is 5.05. The Labute approximate surface area is 160 Å². The number of para-hydroxylation sites is 1. The van der Waals surface area contributed by atoms with Crippen LogP contribution >= 0.6 is 0 Å². The summed E-state index contributed by atoms with van der Waals surface area (Å²) < 4.78 is 37.5. The van der Waals surface area contributed by atoms with Crippen molar-refractivity contribution in [1.29, 1.82) is 0 Å². The van der Waals surface area contributed by atoms with Crippen molar-refractivity contribution in [3.8, 4) is 11.6 Å². The van der Waals surface area contributed by atoms with Crippen LogP contribution in [0, 0.1) is 6.92 Å². The zero-order chi connectivity index (χ0) is 20.5. The summed E-state index contributed by atoms with van der Waals surface area (Å²) in [6.45, 7) is 1.36. The molecule has 11 nitrogen and oxygen atoms in total. The molecule has 0 aliphatic carbocycles. The molecule has 0 saturated carbocycles. The van der Waals surface area contributed by atoms with Gasteiger partial charge in [-0.1, -0.05) is 6.07 Å². The molecule has 148 valence electrons. The van der Waals surface area contributed by atoms with Crippen LogP contribution in [0.5, 0.6) is 11.6 Å². The zero-order valence-corrected chi connectivity index (χ0v) is 16.0. The van der Waals surface area contributed by atoms with Gasteiger partial charge in [0.2, 0.25) is 11.8 Å². The highest BCUT2D eigenvalue weighted by Gasteiger charge is 2.30. The number of rotatable bonds is 4. The van der Waals surface area contributed by atoms with Crippen molar-refractivity contribution in [3.63, 3.8) is 0 Å². The molecular weight excluding hydrogens is 390 g/mol. The lowest BCUT2D eigenvalue weighted by Crippen LogP contribution is -2.38. The number of hydrogen-bond donors (Lipinski definition) is 2. The van der Waals surface area contributed by atoms with E-state index in [-0.39, 0.29) is 40.7 Å². The van der Waals surface area contributed by atoms with E-state index >= 15 is 0 Å². The third-order valence-corrected chi connectivity index (χ3v) is 5.17. The molecule has 2 heterocycles. The van der Waals surface area contributed by atoms with E-state index in [4.69, 9.17) is 9.47 Å². The molecule has 3 amide bonds. The maximum absolute atomic E-state index is 12.7. The zero-order valence-electron chi connectivity index (χ0n) is 15.2. The minimum absolute atomic E-state index is 0.0154. The minimum Gasteiger partial charge on any atom is -0.481 e. The first-order chi connectivity index (χ1) is 13.2. The number of benzene rings is 1. The van der Waals surface area contributed by atoms with Gasteiger partial charge in [-0.2, -0.15) is 4.98 Å². The first kappa shape index (κ1) is 19.4. The smallest absolute Gasteiger partial charge is 0.335 e. The van der Waals surface area contributed by atoms with Crippen LogP contribution in [-0.4, -0.2) is 51.1 Å². The number of likely N-dealkylation sites (N-methyl/N-ethyl adjacent to an activating group) is 1. The molecule has 1 aromatic heterocycles. The molecule has 0 saturated heterocycles. The lowest BCUT2D eigenvalue weighted by atomic mass is 10.2. The van der Waals surface area contributed by atoms with E-state index in [0.717, 1.165) is 0 Å². The number of ether oxygens (including phenoxy) is 2. The minimum atomic E-state index is -4.30. The predicted molar refractivity (Wildman–Crippen MR) is 98.0 cm³/mol. The summed E-state index contributed by atoms with van der Waals surface area (Å²) >= 11 is 0. The van der Waals surface area contributed by atoms with Gasteiger partial charge in [0, 0.05) is 18.8 Å². The lowest BCUT2D eigenvalue weighted by molar-refractivity contribution is -0.121. The number of anilines is 2. The highest BCUT2D eigenvalue weighted by atomic mass is 32.2. The number of amides is 3. The Hall–Kier alpha value is -3.41. The fourth-order valence-corrected chi connectivity index (χ4v) is 3.56. The van der Waals surface area contributed by atoms with Crippen LogP contribution in [0.4, 0.5) is 16.4 Å². The van der Waals surface area contributed by atoms with Gasteiger partial charge in [-0.3, -0.25) is 10.1 Å². The Morgan fingerprint density at radius 3 is 2.79 bits per heavy atom. The molecule has 0 unspecified atom stereocenters. The summed E-state index contributed by atoms with van der Waals surface area (Å²) in [5, 5.41) is 2.24. The maximum atomic E-state index is 12.7. The van der Waals surface area contributed by atoms with Crippen molar-refractivity contribution in [1.82, 2.24) is 14.7 Å². The second-order valence-electron chi connectivity index (χ2n) is 5.78. The summed E-state index contributed by atoms with van der Waals surface area (Å²) in [5.74, 6) is -0.248. The standard InChI is InChI=1S/C16H17N5O6S/c1-9-7-12(26-3)18-15(17-9)19-16(23)20-28(24,25)11-6-4-5-10-14(11)27-8-13(22)21(10)2/h4-7H,8H2,1-3H3,(H2,17,18,19,20,23). The molecule has 0 fully saturated rings. The van der Waals surface area contributed by atoms with Crippen LogP contribution in [0.2, 0.25) is 0 Å². The predicted octanol–water partition coefficient (Wildman–Crippen LogP) is 0.659. The topological polar surface area (TPSA) is 140 Å². The van der Waals surface area contributed by atoms with Crippen molar-refractivity contribution < 1.29 is 27.5 Å². The molecular formula is C16H17N5O6S. The second-order valence-corrected chi connectivity index (χ2v) is 7.43. The summed E-state index contributed by atoms with van der Waals surface area (Å²) in [6.07, 6.45) is 0.